The maximum absolute atomic E-state index is 12.8. The summed E-state index contributed by atoms with van der Waals surface area (Å²) in [5.74, 6) is 1.19. The van der Waals surface area contributed by atoms with Crippen molar-refractivity contribution in [1.29, 1.82) is 0 Å². The highest BCUT2D eigenvalue weighted by atomic mass is 32.2. The summed E-state index contributed by atoms with van der Waals surface area (Å²) < 4.78 is 34.1. The normalized spacial score (nSPS) is 20.2. The van der Waals surface area contributed by atoms with Crippen LogP contribution < -0.4 is 0 Å². The average molecular weight is 367 g/mol. The Morgan fingerprint density at radius 1 is 1.16 bits per heavy atom. The number of hydrogen-bond acceptors (Lipinski definition) is 8. The fourth-order valence-corrected chi connectivity index (χ4v) is 4.93. The highest BCUT2D eigenvalue weighted by Gasteiger charge is 2.34. The van der Waals surface area contributed by atoms with Gasteiger partial charge < -0.3 is 4.52 Å². The maximum atomic E-state index is 12.8. The minimum atomic E-state index is -3.57. The number of hydrogen-bond donors (Lipinski definition) is 0. The Morgan fingerprint density at radius 3 is 2.48 bits per heavy atom. The molecule has 0 unspecified atom stereocenters. The molecule has 0 radical (unpaired) electrons. The minimum Gasteiger partial charge on any atom is -0.360 e. The first-order valence-electron chi connectivity index (χ1n) is 8.39. The van der Waals surface area contributed by atoms with E-state index < -0.39 is 10.0 Å². The van der Waals surface area contributed by atoms with Crippen LogP contribution in [0.1, 0.15) is 36.2 Å². The van der Waals surface area contributed by atoms with Crippen molar-refractivity contribution < 1.29 is 12.9 Å². The molecule has 0 bridgehead atoms. The Morgan fingerprint density at radius 2 is 1.88 bits per heavy atom. The Hall–Kier alpha value is -1.85. The summed E-state index contributed by atoms with van der Waals surface area (Å²) in [5, 5.41) is 15.7. The van der Waals surface area contributed by atoms with E-state index in [4.69, 9.17) is 4.52 Å². The van der Waals surface area contributed by atoms with E-state index in [1.165, 1.54) is 4.31 Å². The molecular weight excluding hydrogens is 346 g/mol. The molecule has 0 atom stereocenters. The zero-order valence-corrected chi connectivity index (χ0v) is 15.1. The predicted octanol–water partition coefficient (Wildman–Crippen LogP) is 0.119. The van der Waals surface area contributed by atoms with Crippen molar-refractivity contribution in [3.63, 3.8) is 0 Å². The van der Waals surface area contributed by atoms with E-state index in [1.807, 2.05) is 4.68 Å². The lowest BCUT2D eigenvalue weighted by molar-refractivity contribution is 0.175. The van der Waals surface area contributed by atoms with Gasteiger partial charge in [-0.2, -0.15) is 4.31 Å². The van der Waals surface area contributed by atoms with Crippen molar-refractivity contribution in [2.24, 2.45) is 0 Å². The third-order valence-corrected chi connectivity index (χ3v) is 6.86. The van der Waals surface area contributed by atoms with E-state index in [0.717, 1.165) is 18.7 Å². The van der Waals surface area contributed by atoms with Gasteiger partial charge in [0, 0.05) is 26.2 Å². The van der Waals surface area contributed by atoms with Crippen LogP contribution in [-0.2, 0) is 16.6 Å². The molecule has 0 N–H and O–H groups in total. The molecule has 2 aliphatic rings. The minimum absolute atomic E-state index is 0.193. The third kappa shape index (κ3) is 3.07. The Kier molecular flexibility index (Phi) is 4.08. The topological polar surface area (TPSA) is 110 Å². The Balaban J connectivity index is 1.42. The van der Waals surface area contributed by atoms with Crippen LogP contribution in [0, 0.1) is 13.8 Å². The van der Waals surface area contributed by atoms with Gasteiger partial charge in [0.2, 0.25) is 10.0 Å². The Bertz CT molecular complexity index is 843. The molecule has 10 nitrogen and oxygen atoms in total. The van der Waals surface area contributed by atoms with Gasteiger partial charge in [-0.1, -0.05) is 5.16 Å². The molecule has 1 aliphatic heterocycles. The van der Waals surface area contributed by atoms with E-state index in [2.05, 4.69) is 25.6 Å². The second-order valence-corrected chi connectivity index (χ2v) is 8.48. The number of rotatable bonds is 5. The first kappa shape index (κ1) is 16.6. The van der Waals surface area contributed by atoms with Crippen LogP contribution >= 0.6 is 0 Å². The molecule has 3 heterocycles. The number of aryl methyl sites for hydroxylation is 2. The highest BCUT2D eigenvalue weighted by Crippen LogP contribution is 2.34. The second-order valence-electron chi connectivity index (χ2n) is 6.60. The monoisotopic (exact) mass is 367 g/mol. The van der Waals surface area contributed by atoms with Gasteiger partial charge in [-0.05, 0) is 37.1 Å². The molecule has 1 aliphatic carbocycles. The lowest BCUT2D eigenvalue weighted by Crippen LogP contribution is -2.48. The van der Waals surface area contributed by atoms with Crippen molar-refractivity contribution in [1.82, 2.24) is 34.6 Å². The lowest BCUT2D eigenvalue weighted by atomic mass is 10.3. The van der Waals surface area contributed by atoms with Gasteiger partial charge in [-0.25, -0.2) is 13.1 Å². The second kappa shape index (κ2) is 6.15. The molecule has 25 heavy (non-hydrogen) atoms. The van der Waals surface area contributed by atoms with Crippen LogP contribution in [0.3, 0.4) is 0 Å². The predicted molar refractivity (Wildman–Crippen MR) is 86.1 cm³/mol. The third-order valence-electron chi connectivity index (χ3n) is 4.72. The molecule has 0 amide bonds. The fraction of sp³-hybridized carbons (Fsp3) is 0.714. The van der Waals surface area contributed by atoms with E-state index in [0.29, 0.717) is 50.2 Å². The van der Waals surface area contributed by atoms with Crippen molar-refractivity contribution in [2.75, 3.05) is 26.2 Å². The maximum Gasteiger partial charge on any atom is 0.248 e. The number of aromatic nitrogens is 5. The zero-order chi connectivity index (χ0) is 17.6. The summed E-state index contributed by atoms with van der Waals surface area (Å²) in [6, 6.07) is 0.436. The van der Waals surface area contributed by atoms with Crippen LogP contribution in [0.2, 0.25) is 0 Å². The summed E-state index contributed by atoms with van der Waals surface area (Å²) >= 11 is 0. The van der Waals surface area contributed by atoms with Crippen LogP contribution in [0.4, 0.5) is 0 Å². The van der Waals surface area contributed by atoms with Gasteiger partial charge in [0.1, 0.15) is 10.6 Å². The molecule has 2 fully saturated rings. The lowest BCUT2D eigenvalue weighted by Gasteiger charge is -2.33. The molecule has 2 aromatic heterocycles. The van der Waals surface area contributed by atoms with Gasteiger partial charge in [-0.3, -0.25) is 4.90 Å². The summed E-state index contributed by atoms with van der Waals surface area (Å²) in [4.78, 5) is 2.38. The van der Waals surface area contributed by atoms with Gasteiger partial charge in [-0.15, -0.1) is 5.10 Å². The molecular formula is C14H21N7O3S. The quantitative estimate of drug-likeness (QED) is 0.733. The molecule has 11 heteroatoms. The smallest absolute Gasteiger partial charge is 0.248 e. The van der Waals surface area contributed by atoms with Crippen molar-refractivity contribution in [3.8, 4) is 0 Å². The Labute approximate surface area is 145 Å². The van der Waals surface area contributed by atoms with E-state index >= 15 is 0 Å². The molecule has 2 aromatic rings. The SMILES string of the molecule is Cc1noc(C)c1S(=O)(=O)N1CCN(Cc2nnnn2C2CC2)CC1. The molecule has 0 aromatic carbocycles. The van der Waals surface area contributed by atoms with Crippen LogP contribution in [0.25, 0.3) is 0 Å². The molecule has 1 saturated heterocycles. The van der Waals surface area contributed by atoms with E-state index in [9.17, 15) is 8.42 Å². The largest absolute Gasteiger partial charge is 0.360 e. The summed E-state index contributed by atoms with van der Waals surface area (Å²) in [6.07, 6.45) is 2.25. The van der Waals surface area contributed by atoms with Crippen LogP contribution in [0.15, 0.2) is 9.42 Å². The number of piperazine rings is 1. The van der Waals surface area contributed by atoms with Crippen molar-refractivity contribution in [2.45, 2.75) is 44.2 Å². The van der Waals surface area contributed by atoms with Gasteiger partial charge >= 0.3 is 0 Å². The molecule has 136 valence electrons. The fourth-order valence-electron chi connectivity index (χ4n) is 3.22. The highest BCUT2D eigenvalue weighted by molar-refractivity contribution is 7.89. The molecule has 4 rings (SSSR count). The summed E-state index contributed by atoms with van der Waals surface area (Å²) in [6.45, 7) is 6.05. The van der Waals surface area contributed by atoms with Gasteiger partial charge in [0.15, 0.2) is 11.6 Å². The van der Waals surface area contributed by atoms with E-state index in [-0.39, 0.29) is 4.90 Å². The number of sulfonamides is 1. The number of nitrogens with zero attached hydrogens (tertiary/aromatic N) is 7. The molecule has 1 saturated carbocycles. The van der Waals surface area contributed by atoms with Crippen LogP contribution in [0.5, 0.6) is 0 Å². The summed E-state index contributed by atoms with van der Waals surface area (Å²) in [7, 11) is -3.57. The first-order chi connectivity index (χ1) is 12.0. The van der Waals surface area contributed by atoms with Gasteiger partial charge in [0.25, 0.3) is 0 Å². The molecule has 0 spiro atoms. The number of tetrazole rings is 1. The van der Waals surface area contributed by atoms with E-state index in [1.54, 1.807) is 13.8 Å². The van der Waals surface area contributed by atoms with Crippen molar-refractivity contribution in [3.05, 3.63) is 17.3 Å². The first-order valence-corrected chi connectivity index (χ1v) is 9.83. The average Bonchev–Trinajstić information content (AvgIpc) is 3.23. The summed E-state index contributed by atoms with van der Waals surface area (Å²) in [5.41, 5.74) is 0.406. The zero-order valence-electron chi connectivity index (χ0n) is 14.3. The van der Waals surface area contributed by atoms with Crippen molar-refractivity contribution >= 4 is 10.0 Å². The van der Waals surface area contributed by atoms with Gasteiger partial charge in [0.05, 0.1) is 12.6 Å². The van der Waals surface area contributed by atoms with Crippen LogP contribution in [-0.4, -0.2) is 69.2 Å². The standard InChI is InChI=1S/C14H21N7O3S/c1-10-14(11(2)24-16-10)25(22,23)20-7-5-19(6-8-20)9-13-15-17-18-21(13)12-3-4-12/h12H,3-9H2,1-2H3.